The van der Waals surface area contributed by atoms with Crippen LogP contribution in [0.25, 0.3) is 22.3 Å². The predicted molar refractivity (Wildman–Crippen MR) is 113 cm³/mol. The quantitative estimate of drug-likeness (QED) is 0.512. The summed E-state index contributed by atoms with van der Waals surface area (Å²) in [5, 5.41) is 11.0. The summed E-state index contributed by atoms with van der Waals surface area (Å²) in [6, 6.07) is 15.6. The van der Waals surface area contributed by atoms with Gasteiger partial charge in [0.2, 0.25) is 0 Å². The second kappa shape index (κ2) is 7.89. The first-order chi connectivity index (χ1) is 14.1. The van der Waals surface area contributed by atoms with E-state index in [-0.39, 0.29) is 5.91 Å². The first-order valence-corrected chi connectivity index (χ1v) is 9.48. The van der Waals surface area contributed by atoms with Gasteiger partial charge in [-0.1, -0.05) is 6.07 Å². The number of rotatable bonds is 6. The van der Waals surface area contributed by atoms with Gasteiger partial charge < -0.3 is 14.6 Å². The van der Waals surface area contributed by atoms with Gasteiger partial charge in [-0.05, 0) is 56.3 Å². The van der Waals surface area contributed by atoms with Crippen LogP contribution in [0.15, 0.2) is 54.7 Å². The number of aromatic nitrogens is 4. The van der Waals surface area contributed by atoms with Crippen LogP contribution < -0.4 is 5.32 Å². The summed E-state index contributed by atoms with van der Waals surface area (Å²) in [5.74, 6) is 1.13. The number of H-pyrrole nitrogens is 1. The molecule has 0 aliphatic rings. The molecule has 0 unspecified atom stereocenters. The molecule has 0 aliphatic heterocycles. The van der Waals surface area contributed by atoms with Gasteiger partial charge >= 0.3 is 0 Å². The molecule has 4 aromatic rings. The van der Waals surface area contributed by atoms with E-state index in [2.05, 4.69) is 38.9 Å². The van der Waals surface area contributed by atoms with E-state index in [1.54, 1.807) is 7.11 Å². The highest BCUT2D eigenvalue weighted by Crippen LogP contribution is 2.25. The summed E-state index contributed by atoms with van der Waals surface area (Å²) in [7, 11) is 1.61. The molecule has 0 atom stereocenters. The van der Waals surface area contributed by atoms with Crippen LogP contribution in [0, 0.1) is 0 Å². The van der Waals surface area contributed by atoms with Gasteiger partial charge in [0.25, 0.3) is 5.91 Å². The number of benzene rings is 2. The fourth-order valence-corrected chi connectivity index (χ4v) is 3.36. The Morgan fingerprint density at radius 1 is 1.17 bits per heavy atom. The Morgan fingerprint density at radius 3 is 2.69 bits per heavy atom. The maximum absolute atomic E-state index is 12.9. The topological polar surface area (TPSA) is 84.8 Å². The molecule has 7 nitrogen and oxygen atoms in total. The molecule has 2 heterocycles. The highest BCUT2D eigenvalue weighted by Gasteiger charge is 2.14. The average molecular weight is 389 g/mol. The van der Waals surface area contributed by atoms with E-state index in [4.69, 9.17) is 4.74 Å². The molecule has 2 aromatic heterocycles. The molecule has 0 aliphatic carbocycles. The zero-order valence-corrected chi connectivity index (χ0v) is 16.6. The van der Waals surface area contributed by atoms with Crippen molar-refractivity contribution in [2.45, 2.75) is 26.5 Å². The van der Waals surface area contributed by atoms with Crippen molar-refractivity contribution in [1.82, 2.24) is 19.7 Å². The summed E-state index contributed by atoms with van der Waals surface area (Å²) in [6.07, 6.45) is 2.02. The maximum Gasteiger partial charge on any atom is 0.256 e. The Hall–Kier alpha value is -3.45. The lowest BCUT2D eigenvalue weighted by molar-refractivity contribution is 0.102. The van der Waals surface area contributed by atoms with Crippen LogP contribution in [-0.2, 0) is 11.3 Å². The minimum atomic E-state index is -0.134. The molecule has 29 heavy (non-hydrogen) atoms. The molecule has 0 saturated carbocycles. The van der Waals surface area contributed by atoms with E-state index >= 15 is 0 Å². The molecular weight excluding hydrogens is 366 g/mol. The number of aromatic amines is 1. The number of amides is 1. The summed E-state index contributed by atoms with van der Waals surface area (Å²) < 4.78 is 7.21. The zero-order valence-electron chi connectivity index (χ0n) is 16.6. The molecule has 0 radical (unpaired) electrons. The number of nitrogens with zero attached hydrogens (tertiary/aromatic N) is 3. The fourth-order valence-electron chi connectivity index (χ4n) is 3.36. The summed E-state index contributed by atoms with van der Waals surface area (Å²) in [5.41, 5.74) is 3.29. The Bertz CT molecular complexity index is 1140. The number of carbonyl (C=O) groups excluding carboxylic acids is 1. The normalized spacial score (nSPS) is 11.3. The molecule has 2 aromatic carbocycles. The Kier molecular flexibility index (Phi) is 5.14. The van der Waals surface area contributed by atoms with Crippen molar-refractivity contribution in [3.63, 3.8) is 0 Å². The lowest BCUT2D eigenvalue weighted by atomic mass is 10.1. The lowest BCUT2D eigenvalue weighted by Crippen LogP contribution is -2.12. The van der Waals surface area contributed by atoms with E-state index in [0.717, 1.165) is 16.5 Å². The van der Waals surface area contributed by atoms with E-state index in [1.165, 1.54) is 0 Å². The number of methoxy groups -OCH3 is 1. The maximum atomic E-state index is 12.9. The van der Waals surface area contributed by atoms with Gasteiger partial charge in [0.1, 0.15) is 6.61 Å². The molecular formula is C22H23N5O2. The van der Waals surface area contributed by atoms with Crippen LogP contribution in [0.4, 0.5) is 5.69 Å². The van der Waals surface area contributed by atoms with Crippen LogP contribution >= 0.6 is 0 Å². The molecule has 4 rings (SSSR count). The molecule has 0 bridgehead atoms. The third-order valence-electron chi connectivity index (χ3n) is 4.78. The second-order valence-corrected chi connectivity index (χ2v) is 7.13. The van der Waals surface area contributed by atoms with Gasteiger partial charge in [-0.2, -0.15) is 5.10 Å². The molecule has 0 spiro atoms. The third-order valence-corrected chi connectivity index (χ3v) is 4.78. The number of hydrogen-bond acceptors (Lipinski definition) is 4. The van der Waals surface area contributed by atoms with Gasteiger partial charge in [-0.3, -0.25) is 9.89 Å². The zero-order chi connectivity index (χ0) is 20.4. The van der Waals surface area contributed by atoms with Crippen LogP contribution in [0.5, 0.6) is 0 Å². The van der Waals surface area contributed by atoms with Crippen LogP contribution in [0.3, 0.4) is 0 Å². The number of nitrogens with one attached hydrogen (secondary N) is 2. The predicted octanol–water partition coefficient (Wildman–Crippen LogP) is 4.41. The largest absolute Gasteiger partial charge is 0.377 e. The number of carbonyl (C=O) groups is 1. The molecule has 148 valence electrons. The van der Waals surface area contributed by atoms with Gasteiger partial charge in [0, 0.05) is 47.1 Å². The highest BCUT2D eigenvalue weighted by atomic mass is 16.5. The summed E-state index contributed by atoms with van der Waals surface area (Å²) in [4.78, 5) is 17.3. The summed E-state index contributed by atoms with van der Waals surface area (Å²) >= 11 is 0. The van der Waals surface area contributed by atoms with Crippen molar-refractivity contribution in [3.8, 4) is 11.4 Å². The van der Waals surface area contributed by atoms with Gasteiger partial charge in [0.15, 0.2) is 11.6 Å². The van der Waals surface area contributed by atoms with Crippen molar-refractivity contribution < 1.29 is 9.53 Å². The van der Waals surface area contributed by atoms with Crippen LogP contribution in [0.1, 0.15) is 36.1 Å². The fraction of sp³-hybridized carbons (Fsp3) is 0.227. The minimum absolute atomic E-state index is 0.134. The highest BCUT2D eigenvalue weighted by molar-refractivity contribution is 6.12. The number of fused-ring (bicyclic) bond motifs is 1. The smallest absolute Gasteiger partial charge is 0.256 e. The van der Waals surface area contributed by atoms with Crippen LogP contribution in [0.2, 0.25) is 0 Å². The van der Waals surface area contributed by atoms with Gasteiger partial charge in [0.05, 0.1) is 0 Å². The average Bonchev–Trinajstić information content (AvgIpc) is 3.35. The first kappa shape index (κ1) is 18.9. The van der Waals surface area contributed by atoms with Crippen molar-refractivity contribution in [2.24, 2.45) is 0 Å². The Labute approximate surface area is 168 Å². The SMILES string of the molecule is COCc1nc(-c2ccc(NC(=O)c3cccc4c3ccn4C(C)C)cc2)n[nH]1. The van der Waals surface area contributed by atoms with Crippen molar-refractivity contribution >= 4 is 22.5 Å². The monoisotopic (exact) mass is 389 g/mol. The third kappa shape index (κ3) is 3.77. The van der Waals surface area contributed by atoms with Gasteiger partial charge in [-0.25, -0.2) is 4.98 Å². The van der Waals surface area contributed by atoms with Crippen LogP contribution in [-0.4, -0.2) is 32.8 Å². The first-order valence-electron chi connectivity index (χ1n) is 9.48. The number of hydrogen-bond donors (Lipinski definition) is 2. The molecule has 7 heteroatoms. The van der Waals surface area contributed by atoms with Gasteiger partial charge in [-0.15, -0.1) is 0 Å². The summed E-state index contributed by atoms with van der Waals surface area (Å²) in [6.45, 7) is 4.63. The van der Waals surface area contributed by atoms with Crippen molar-refractivity contribution in [3.05, 3.63) is 66.1 Å². The van der Waals surface area contributed by atoms with Crippen molar-refractivity contribution in [2.75, 3.05) is 12.4 Å². The van der Waals surface area contributed by atoms with E-state index < -0.39 is 0 Å². The standard InChI is InChI=1S/C22H23N5O2/c1-14(2)27-12-11-17-18(5-4-6-19(17)27)22(28)23-16-9-7-15(8-10-16)21-24-20(13-29-3)25-26-21/h4-12,14H,13H2,1-3H3,(H,23,28)(H,24,25,26). The van der Waals surface area contributed by atoms with E-state index in [9.17, 15) is 4.79 Å². The Balaban J connectivity index is 1.53. The molecule has 0 saturated heterocycles. The molecule has 2 N–H and O–H groups in total. The van der Waals surface area contributed by atoms with E-state index in [1.807, 2.05) is 54.7 Å². The Morgan fingerprint density at radius 2 is 1.97 bits per heavy atom. The second-order valence-electron chi connectivity index (χ2n) is 7.13. The molecule has 1 amide bonds. The van der Waals surface area contributed by atoms with Crippen molar-refractivity contribution in [1.29, 1.82) is 0 Å². The van der Waals surface area contributed by atoms with E-state index in [0.29, 0.717) is 35.5 Å². The number of ether oxygens (including phenoxy) is 1. The lowest BCUT2D eigenvalue weighted by Gasteiger charge is -2.11. The molecule has 0 fully saturated rings. The minimum Gasteiger partial charge on any atom is -0.377 e. The number of anilines is 1.